The lowest BCUT2D eigenvalue weighted by Gasteiger charge is -2.13. The third-order valence-corrected chi connectivity index (χ3v) is 7.12. The molecule has 0 unspecified atom stereocenters. The summed E-state index contributed by atoms with van der Waals surface area (Å²) in [4.78, 5) is 13.4. The molecule has 0 saturated carbocycles. The number of sulfonamides is 1. The van der Waals surface area contributed by atoms with Crippen LogP contribution in [-0.2, 0) is 10.0 Å². The van der Waals surface area contributed by atoms with Crippen LogP contribution in [0.2, 0.25) is 0 Å². The van der Waals surface area contributed by atoms with E-state index < -0.39 is 10.0 Å². The summed E-state index contributed by atoms with van der Waals surface area (Å²) in [6.45, 7) is 1.58. The van der Waals surface area contributed by atoms with Crippen molar-refractivity contribution in [1.29, 1.82) is 0 Å². The Morgan fingerprint density at radius 1 is 0.743 bits per heavy atom. The Labute approximate surface area is 203 Å². The first-order valence-corrected chi connectivity index (χ1v) is 12.9. The molecule has 1 aromatic heterocycles. The summed E-state index contributed by atoms with van der Waals surface area (Å²) in [5.74, 6) is -0.0255. The summed E-state index contributed by atoms with van der Waals surface area (Å²) in [7, 11) is -3.42. The monoisotopic (exact) mass is 481 g/mol. The molecule has 0 aliphatic rings. The molecule has 0 amide bonds. The lowest BCUT2D eigenvalue weighted by Crippen LogP contribution is -2.22. The number of anilines is 1. The third kappa shape index (κ3) is 4.58. The van der Waals surface area contributed by atoms with E-state index in [0.717, 1.165) is 11.1 Å². The van der Waals surface area contributed by atoms with Gasteiger partial charge in [-0.1, -0.05) is 72.8 Å². The van der Waals surface area contributed by atoms with Crippen LogP contribution in [-0.4, -0.2) is 24.0 Å². The predicted octanol–water partition coefficient (Wildman–Crippen LogP) is 5.48. The number of hydrogen-bond acceptors (Lipinski definition) is 4. The minimum atomic E-state index is -3.42. The molecule has 6 nitrogen and oxygen atoms in total. The van der Waals surface area contributed by atoms with Gasteiger partial charge in [-0.25, -0.2) is 8.42 Å². The van der Waals surface area contributed by atoms with E-state index in [1.54, 1.807) is 31.2 Å². The van der Waals surface area contributed by atoms with Crippen LogP contribution in [0.3, 0.4) is 0 Å². The molecular formula is C28H23N3O3S. The van der Waals surface area contributed by atoms with Crippen molar-refractivity contribution < 1.29 is 8.42 Å². The third-order valence-electron chi connectivity index (χ3n) is 5.81. The number of nitrogens with one attached hydrogen (secondary N) is 1. The number of rotatable bonds is 6. The molecule has 7 heteroatoms. The summed E-state index contributed by atoms with van der Waals surface area (Å²) < 4.78 is 28.1. The average Bonchev–Trinajstić information content (AvgIpc) is 2.90. The van der Waals surface area contributed by atoms with Gasteiger partial charge < -0.3 is 0 Å². The summed E-state index contributed by atoms with van der Waals surface area (Å²) in [6, 6.07) is 32.1. The maximum Gasteiger partial charge on any atom is 0.279 e. The highest BCUT2D eigenvalue weighted by Gasteiger charge is 2.15. The van der Waals surface area contributed by atoms with Gasteiger partial charge in [-0.05, 0) is 48.4 Å². The van der Waals surface area contributed by atoms with Crippen molar-refractivity contribution in [3.8, 4) is 28.1 Å². The average molecular weight is 482 g/mol. The molecule has 1 heterocycles. The van der Waals surface area contributed by atoms with Crippen molar-refractivity contribution in [2.75, 3.05) is 10.5 Å². The van der Waals surface area contributed by atoms with Crippen LogP contribution in [0.1, 0.15) is 6.92 Å². The van der Waals surface area contributed by atoms with Gasteiger partial charge in [0.1, 0.15) is 0 Å². The predicted molar refractivity (Wildman–Crippen MR) is 141 cm³/mol. The van der Waals surface area contributed by atoms with E-state index in [0.29, 0.717) is 33.4 Å². The smallest absolute Gasteiger partial charge is 0.279 e. The molecule has 0 aliphatic carbocycles. The minimum Gasteiger partial charge on any atom is -0.284 e. The Morgan fingerprint density at radius 3 is 2.09 bits per heavy atom. The van der Waals surface area contributed by atoms with Gasteiger partial charge in [0.25, 0.3) is 5.56 Å². The van der Waals surface area contributed by atoms with E-state index in [9.17, 15) is 13.2 Å². The quantitative estimate of drug-likeness (QED) is 0.348. The zero-order chi connectivity index (χ0) is 24.4. The van der Waals surface area contributed by atoms with Gasteiger partial charge in [0.05, 0.1) is 22.5 Å². The second kappa shape index (κ2) is 9.19. The van der Waals surface area contributed by atoms with Crippen molar-refractivity contribution in [2.24, 2.45) is 0 Å². The van der Waals surface area contributed by atoms with Crippen molar-refractivity contribution in [1.82, 2.24) is 9.78 Å². The van der Waals surface area contributed by atoms with Crippen LogP contribution in [0.15, 0.2) is 108 Å². The van der Waals surface area contributed by atoms with Gasteiger partial charge in [0.2, 0.25) is 10.0 Å². The molecule has 35 heavy (non-hydrogen) atoms. The molecule has 1 N–H and O–H groups in total. The highest BCUT2D eigenvalue weighted by atomic mass is 32.2. The second-order valence-corrected chi connectivity index (χ2v) is 10.1. The molecule has 0 bridgehead atoms. The molecule has 0 radical (unpaired) electrons. The number of nitrogens with zero attached hydrogens (tertiary/aromatic N) is 2. The Kier molecular flexibility index (Phi) is 5.93. The van der Waals surface area contributed by atoms with Crippen LogP contribution < -0.4 is 10.3 Å². The SMILES string of the molecule is CCS(=O)(=O)Nc1cccc(-c2nn(-c3ccc(-c4ccccc4)cc3)c(=O)c3ccccc23)c1. The van der Waals surface area contributed by atoms with Crippen molar-refractivity contribution in [3.05, 3.63) is 113 Å². The first kappa shape index (κ1) is 22.6. The molecule has 5 aromatic rings. The summed E-state index contributed by atoms with van der Waals surface area (Å²) in [6.07, 6.45) is 0. The number of benzene rings is 4. The van der Waals surface area contributed by atoms with Gasteiger partial charge in [0.15, 0.2) is 0 Å². The van der Waals surface area contributed by atoms with Crippen LogP contribution >= 0.6 is 0 Å². The van der Waals surface area contributed by atoms with Crippen LogP contribution in [0, 0.1) is 0 Å². The number of aromatic nitrogens is 2. The highest BCUT2D eigenvalue weighted by molar-refractivity contribution is 7.92. The van der Waals surface area contributed by atoms with Gasteiger partial charge >= 0.3 is 0 Å². The van der Waals surface area contributed by atoms with Crippen LogP contribution in [0.25, 0.3) is 38.8 Å². The fourth-order valence-electron chi connectivity index (χ4n) is 3.99. The van der Waals surface area contributed by atoms with Gasteiger partial charge in [-0.15, -0.1) is 0 Å². The van der Waals surface area contributed by atoms with Crippen molar-refractivity contribution in [2.45, 2.75) is 6.92 Å². The fraction of sp³-hybridized carbons (Fsp3) is 0.0714. The molecule has 5 rings (SSSR count). The fourth-order valence-corrected chi connectivity index (χ4v) is 4.62. The van der Waals surface area contributed by atoms with Crippen LogP contribution in [0.4, 0.5) is 5.69 Å². The summed E-state index contributed by atoms with van der Waals surface area (Å²) in [5, 5.41) is 5.96. The molecule has 0 fully saturated rings. The zero-order valence-electron chi connectivity index (χ0n) is 19.0. The van der Waals surface area contributed by atoms with E-state index in [4.69, 9.17) is 5.10 Å². The lowest BCUT2D eigenvalue weighted by molar-refractivity contribution is 0.602. The van der Waals surface area contributed by atoms with Crippen molar-refractivity contribution >= 4 is 26.5 Å². The molecular weight excluding hydrogens is 458 g/mol. The summed E-state index contributed by atoms with van der Waals surface area (Å²) in [5.41, 5.74) is 4.28. The minimum absolute atomic E-state index is 0.0255. The van der Waals surface area contributed by atoms with Crippen LogP contribution in [0.5, 0.6) is 0 Å². The van der Waals surface area contributed by atoms with E-state index in [1.165, 1.54) is 4.68 Å². The first-order valence-electron chi connectivity index (χ1n) is 11.2. The number of fused-ring (bicyclic) bond motifs is 1. The van der Waals surface area contributed by atoms with E-state index in [-0.39, 0.29) is 11.3 Å². The highest BCUT2D eigenvalue weighted by Crippen LogP contribution is 2.28. The maximum atomic E-state index is 13.4. The Hall–Kier alpha value is -4.23. The molecule has 0 atom stereocenters. The maximum absolute atomic E-state index is 13.4. The Balaban J connectivity index is 1.64. The largest absolute Gasteiger partial charge is 0.284 e. The van der Waals surface area contributed by atoms with E-state index in [1.807, 2.05) is 78.9 Å². The topological polar surface area (TPSA) is 81.1 Å². The van der Waals surface area contributed by atoms with Crippen molar-refractivity contribution in [3.63, 3.8) is 0 Å². The second-order valence-electron chi connectivity index (χ2n) is 8.11. The Morgan fingerprint density at radius 2 is 1.37 bits per heavy atom. The van der Waals surface area contributed by atoms with Gasteiger partial charge in [-0.2, -0.15) is 9.78 Å². The van der Waals surface area contributed by atoms with E-state index >= 15 is 0 Å². The molecule has 0 aliphatic heterocycles. The van der Waals surface area contributed by atoms with Gasteiger partial charge in [0, 0.05) is 16.6 Å². The summed E-state index contributed by atoms with van der Waals surface area (Å²) >= 11 is 0. The zero-order valence-corrected chi connectivity index (χ0v) is 19.9. The standard InChI is InChI=1S/C28H23N3O3S/c1-2-35(33,34)30-23-12-8-11-22(19-23)27-25-13-6-7-14-26(25)28(32)31(29-27)24-17-15-21(16-18-24)20-9-4-3-5-10-20/h3-19,30H,2H2,1H3. The molecule has 0 saturated heterocycles. The first-order chi connectivity index (χ1) is 16.9. The Bertz CT molecular complexity index is 1680. The van der Waals surface area contributed by atoms with Gasteiger partial charge in [-0.3, -0.25) is 9.52 Å². The molecule has 4 aromatic carbocycles. The molecule has 174 valence electrons. The number of hydrogen-bond donors (Lipinski definition) is 1. The molecule has 0 spiro atoms. The lowest BCUT2D eigenvalue weighted by atomic mass is 10.0. The van der Waals surface area contributed by atoms with E-state index in [2.05, 4.69) is 4.72 Å². The normalized spacial score (nSPS) is 11.5.